The van der Waals surface area contributed by atoms with Crippen LogP contribution in [0.4, 0.5) is 10.5 Å². The Labute approximate surface area is 180 Å². The van der Waals surface area contributed by atoms with E-state index in [0.29, 0.717) is 19.4 Å². The second-order valence-electron chi connectivity index (χ2n) is 7.92. The zero-order chi connectivity index (χ0) is 22.4. The summed E-state index contributed by atoms with van der Waals surface area (Å²) in [6, 6.07) is 4.30. The molecule has 3 rings (SSSR count). The lowest BCUT2D eigenvalue weighted by atomic mass is 9.95. The van der Waals surface area contributed by atoms with Gasteiger partial charge in [-0.2, -0.15) is 0 Å². The maximum absolute atomic E-state index is 12.5. The number of nitro benzene ring substituents is 1. The molecule has 1 atom stereocenters. The van der Waals surface area contributed by atoms with Gasteiger partial charge >= 0.3 is 6.03 Å². The molecule has 0 spiro atoms. The number of hydrazine groups is 1. The number of amides is 3. The minimum Gasteiger partial charge on any atom is -0.335 e. The topological polar surface area (TPSA) is 151 Å². The zero-order valence-electron chi connectivity index (χ0n) is 17.1. The predicted octanol–water partition coefficient (Wildman–Crippen LogP) is 1.66. The molecule has 1 heterocycles. The van der Waals surface area contributed by atoms with Gasteiger partial charge in [-0.05, 0) is 37.8 Å². The van der Waals surface area contributed by atoms with Gasteiger partial charge in [0.15, 0.2) is 0 Å². The van der Waals surface area contributed by atoms with Crippen LogP contribution in [0.3, 0.4) is 0 Å². The molecular formula is C19H27N5O6S. The van der Waals surface area contributed by atoms with Crippen molar-refractivity contribution in [1.29, 1.82) is 0 Å². The number of rotatable bonds is 6. The molecule has 1 saturated carbocycles. The van der Waals surface area contributed by atoms with Crippen molar-refractivity contribution in [2.75, 3.05) is 13.1 Å². The van der Waals surface area contributed by atoms with E-state index in [4.69, 9.17) is 0 Å². The van der Waals surface area contributed by atoms with Crippen LogP contribution in [-0.4, -0.2) is 49.3 Å². The van der Waals surface area contributed by atoms with Crippen molar-refractivity contribution < 1.29 is 22.9 Å². The molecule has 1 aromatic carbocycles. The van der Waals surface area contributed by atoms with Crippen LogP contribution in [0.1, 0.15) is 44.9 Å². The fraction of sp³-hybridized carbons (Fsp3) is 0.579. The Balaban J connectivity index is 1.52. The molecule has 170 valence electrons. The SMILES string of the molecule is O=C(NNS(=O)(=O)c1ccc([N+](=O)[O-])cc1)[C@@H]1CCCN(C(=O)NC2CCCCC2)C1. The molecule has 1 aliphatic carbocycles. The molecule has 0 radical (unpaired) electrons. The summed E-state index contributed by atoms with van der Waals surface area (Å²) in [5, 5.41) is 13.7. The number of nitrogens with zero attached hydrogens (tertiary/aromatic N) is 2. The summed E-state index contributed by atoms with van der Waals surface area (Å²) in [6.07, 6.45) is 6.51. The standard InChI is InChI=1S/C19H27N5O6S/c25-18(21-22-31(29,30)17-10-8-16(9-11-17)24(27)28)14-5-4-12-23(13-14)19(26)20-15-6-2-1-3-7-15/h8-11,14-15,22H,1-7,12-13H2,(H,20,26)(H,21,25)/t14-/m1/s1. The summed E-state index contributed by atoms with van der Waals surface area (Å²) in [5.41, 5.74) is 1.96. The first kappa shape index (κ1) is 22.9. The number of piperidine rings is 1. The number of urea groups is 1. The molecule has 3 N–H and O–H groups in total. The molecule has 1 aliphatic heterocycles. The van der Waals surface area contributed by atoms with E-state index < -0.39 is 26.8 Å². The highest BCUT2D eigenvalue weighted by molar-refractivity contribution is 7.89. The van der Waals surface area contributed by atoms with Gasteiger partial charge in [0.1, 0.15) is 0 Å². The summed E-state index contributed by atoms with van der Waals surface area (Å²) in [4.78, 5) is 38.5. The molecule has 31 heavy (non-hydrogen) atoms. The molecule has 2 aliphatic rings. The Kier molecular flexibility index (Phi) is 7.44. The number of benzene rings is 1. The lowest BCUT2D eigenvalue weighted by Crippen LogP contribution is -2.53. The number of sulfonamides is 1. The maximum atomic E-state index is 12.5. The Morgan fingerprint density at radius 3 is 2.35 bits per heavy atom. The smallest absolute Gasteiger partial charge is 0.317 e. The van der Waals surface area contributed by atoms with Gasteiger partial charge in [-0.25, -0.2) is 13.2 Å². The lowest BCUT2D eigenvalue weighted by Gasteiger charge is -2.34. The molecular weight excluding hydrogens is 426 g/mol. The van der Waals surface area contributed by atoms with Gasteiger partial charge in [-0.1, -0.05) is 19.3 Å². The summed E-state index contributed by atoms with van der Waals surface area (Å²) < 4.78 is 24.6. The van der Waals surface area contributed by atoms with Gasteiger partial charge in [-0.3, -0.25) is 20.3 Å². The number of nitro groups is 1. The van der Waals surface area contributed by atoms with E-state index in [1.165, 1.54) is 6.42 Å². The lowest BCUT2D eigenvalue weighted by molar-refractivity contribution is -0.384. The maximum Gasteiger partial charge on any atom is 0.317 e. The third-order valence-electron chi connectivity index (χ3n) is 5.68. The fourth-order valence-electron chi connectivity index (χ4n) is 3.91. The van der Waals surface area contributed by atoms with Gasteiger partial charge < -0.3 is 10.2 Å². The van der Waals surface area contributed by atoms with E-state index in [9.17, 15) is 28.1 Å². The molecule has 1 saturated heterocycles. The summed E-state index contributed by atoms with van der Waals surface area (Å²) in [7, 11) is -4.08. The Morgan fingerprint density at radius 2 is 1.71 bits per heavy atom. The molecule has 3 amide bonds. The van der Waals surface area contributed by atoms with Crippen LogP contribution < -0.4 is 15.6 Å². The normalized spacial score (nSPS) is 20.1. The van der Waals surface area contributed by atoms with Crippen molar-refractivity contribution in [2.45, 2.75) is 55.9 Å². The second-order valence-corrected chi connectivity index (χ2v) is 9.60. The summed E-state index contributed by atoms with van der Waals surface area (Å²) in [5.74, 6) is -1.06. The number of likely N-dealkylation sites (tertiary alicyclic amines) is 1. The van der Waals surface area contributed by atoms with E-state index in [1.54, 1.807) is 4.90 Å². The summed E-state index contributed by atoms with van der Waals surface area (Å²) in [6.45, 7) is 0.764. The van der Waals surface area contributed by atoms with Crippen LogP contribution >= 0.6 is 0 Å². The van der Waals surface area contributed by atoms with Crippen molar-refractivity contribution >= 4 is 27.6 Å². The highest BCUT2D eigenvalue weighted by Crippen LogP contribution is 2.20. The fourth-order valence-corrected chi connectivity index (χ4v) is 4.76. The Hall–Kier alpha value is -2.73. The number of nitrogens with one attached hydrogen (secondary N) is 3. The number of hydrogen-bond donors (Lipinski definition) is 3. The number of non-ortho nitro benzene ring substituents is 1. The van der Waals surface area contributed by atoms with Gasteiger partial charge in [0.2, 0.25) is 5.91 Å². The number of hydrogen-bond acceptors (Lipinski definition) is 6. The van der Waals surface area contributed by atoms with E-state index >= 15 is 0 Å². The van der Waals surface area contributed by atoms with Crippen LogP contribution in [0.15, 0.2) is 29.2 Å². The van der Waals surface area contributed by atoms with Crippen molar-refractivity contribution in [2.24, 2.45) is 5.92 Å². The molecule has 0 bridgehead atoms. The monoisotopic (exact) mass is 453 g/mol. The van der Waals surface area contributed by atoms with Gasteiger partial charge in [0, 0.05) is 31.3 Å². The first-order valence-electron chi connectivity index (χ1n) is 10.4. The number of carbonyl (C=O) groups is 2. The first-order chi connectivity index (χ1) is 14.8. The third kappa shape index (κ3) is 6.14. The van der Waals surface area contributed by atoms with E-state index in [0.717, 1.165) is 49.9 Å². The summed E-state index contributed by atoms with van der Waals surface area (Å²) >= 11 is 0. The highest BCUT2D eigenvalue weighted by atomic mass is 32.2. The average Bonchev–Trinajstić information content (AvgIpc) is 2.78. The Morgan fingerprint density at radius 1 is 1.03 bits per heavy atom. The molecule has 1 aromatic rings. The van der Waals surface area contributed by atoms with Crippen LogP contribution in [0.25, 0.3) is 0 Å². The van der Waals surface area contributed by atoms with E-state index in [2.05, 4.69) is 10.7 Å². The van der Waals surface area contributed by atoms with Gasteiger partial charge in [0.25, 0.3) is 15.7 Å². The first-order valence-corrected chi connectivity index (χ1v) is 11.9. The molecule has 2 fully saturated rings. The zero-order valence-corrected chi connectivity index (χ0v) is 17.9. The predicted molar refractivity (Wildman–Crippen MR) is 111 cm³/mol. The van der Waals surface area contributed by atoms with Crippen molar-refractivity contribution in [3.63, 3.8) is 0 Å². The minimum atomic E-state index is -4.08. The van der Waals surface area contributed by atoms with E-state index in [-0.39, 0.29) is 29.2 Å². The molecule has 0 unspecified atom stereocenters. The third-order valence-corrected chi connectivity index (χ3v) is 6.94. The quantitative estimate of drug-likeness (QED) is 0.440. The molecule has 12 heteroatoms. The second kappa shape index (κ2) is 10.1. The minimum absolute atomic E-state index is 0.170. The number of carbonyl (C=O) groups excluding carboxylic acids is 2. The van der Waals surface area contributed by atoms with E-state index in [1.807, 2.05) is 4.83 Å². The van der Waals surface area contributed by atoms with Crippen LogP contribution in [0.5, 0.6) is 0 Å². The van der Waals surface area contributed by atoms with Gasteiger partial charge in [-0.15, -0.1) is 4.83 Å². The van der Waals surface area contributed by atoms with Crippen molar-refractivity contribution in [3.8, 4) is 0 Å². The van der Waals surface area contributed by atoms with Crippen LogP contribution in [0.2, 0.25) is 0 Å². The average molecular weight is 454 g/mol. The Bertz CT molecular complexity index is 914. The highest BCUT2D eigenvalue weighted by Gasteiger charge is 2.30. The molecule has 0 aromatic heterocycles. The van der Waals surface area contributed by atoms with Crippen LogP contribution in [-0.2, 0) is 14.8 Å². The molecule has 11 nitrogen and oxygen atoms in total. The van der Waals surface area contributed by atoms with Crippen molar-refractivity contribution in [3.05, 3.63) is 34.4 Å². The largest absolute Gasteiger partial charge is 0.335 e. The van der Waals surface area contributed by atoms with Gasteiger partial charge in [0.05, 0.1) is 15.7 Å². The van der Waals surface area contributed by atoms with Crippen molar-refractivity contribution in [1.82, 2.24) is 20.5 Å². The van der Waals surface area contributed by atoms with Crippen LogP contribution in [0, 0.1) is 16.0 Å².